The molecule has 0 aliphatic carbocycles. The van der Waals surface area contributed by atoms with E-state index in [1.165, 1.54) is 89.9 Å². The molecule has 0 fully saturated rings. The molecule has 0 aliphatic rings. The van der Waals surface area contributed by atoms with Crippen LogP contribution in [0.2, 0.25) is 0 Å². The van der Waals surface area contributed by atoms with Crippen molar-refractivity contribution in [2.45, 2.75) is 104 Å². The Hall–Kier alpha value is 0.798. The molecule has 0 aromatic rings. The minimum atomic E-state index is 0. The Balaban J connectivity index is 0. The maximum absolute atomic E-state index is 5.23. The van der Waals surface area contributed by atoms with E-state index in [9.17, 15) is 0 Å². The quantitative estimate of drug-likeness (QED) is 0.115. The van der Waals surface area contributed by atoms with Crippen molar-refractivity contribution < 1.29 is 21.1 Å². The first kappa shape index (κ1) is 26.0. The molecule has 0 amide bonds. The Bertz CT molecular complexity index is 232. The van der Waals surface area contributed by atoms with Gasteiger partial charge in [0.15, 0.2) is 0 Å². The Labute approximate surface area is 171 Å². The summed E-state index contributed by atoms with van der Waals surface area (Å²) in [7, 11) is 0. The number of rotatable bonds is 16. The summed E-state index contributed by atoms with van der Waals surface area (Å²) >= 11 is 10.5. The predicted molar refractivity (Wildman–Crippen MR) is 108 cm³/mol. The second-order valence-electron chi connectivity index (χ2n) is 6.50. The van der Waals surface area contributed by atoms with Gasteiger partial charge in [0.2, 0.25) is 0 Å². The summed E-state index contributed by atoms with van der Waals surface area (Å²) in [6, 6.07) is 0. The Morgan fingerprint density at radius 2 is 0.957 bits per heavy atom. The molecule has 0 bridgehead atoms. The van der Waals surface area contributed by atoms with E-state index in [4.69, 9.17) is 24.8 Å². The Morgan fingerprint density at radius 3 is 1.26 bits per heavy atom. The smallest absolute Gasteiger partial charge is 0.0162 e. The zero-order valence-electron chi connectivity index (χ0n) is 15.5. The molecular formula is C19H38MoNS2-. The van der Waals surface area contributed by atoms with Crippen LogP contribution >= 0.6 is 12.2 Å². The molecule has 23 heavy (non-hydrogen) atoms. The van der Waals surface area contributed by atoms with Gasteiger partial charge in [0.05, 0.1) is 0 Å². The second kappa shape index (κ2) is 20.8. The van der Waals surface area contributed by atoms with E-state index in [2.05, 4.69) is 18.7 Å². The zero-order chi connectivity index (χ0) is 16.5. The standard InChI is InChI=1S/C19H39NS2.Mo/c1-3-5-7-9-11-13-15-17-20(19(21)22)18-16-14-12-10-8-6-4-2;/h3-18H2,1-2H3,(H,21,22);/p-1. The number of unbranched alkanes of at least 4 members (excludes halogenated alkanes) is 12. The van der Waals surface area contributed by atoms with Crippen molar-refractivity contribution in [3.63, 3.8) is 0 Å². The zero-order valence-corrected chi connectivity index (χ0v) is 19.1. The third-order valence-electron chi connectivity index (χ3n) is 4.32. The average molecular weight is 441 g/mol. The minimum Gasteiger partial charge on any atom is -0.411 e. The third-order valence-corrected chi connectivity index (χ3v) is 4.84. The molecule has 0 unspecified atom stereocenters. The van der Waals surface area contributed by atoms with Gasteiger partial charge in [-0.15, -0.1) is 0 Å². The monoisotopic (exact) mass is 442 g/mol. The molecule has 0 N–H and O–H groups in total. The fourth-order valence-electron chi connectivity index (χ4n) is 2.81. The van der Waals surface area contributed by atoms with Gasteiger partial charge < -0.3 is 29.7 Å². The summed E-state index contributed by atoms with van der Waals surface area (Å²) < 4.78 is 0.678. The van der Waals surface area contributed by atoms with Crippen LogP contribution < -0.4 is 0 Å². The predicted octanol–water partition coefficient (Wildman–Crippen LogP) is 6.62. The SMILES string of the molecule is CCCCCCCCCN(CCCCCCCCC)C(=S)[S-].[Mo]. The normalized spacial score (nSPS) is 10.3. The maximum atomic E-state index is 5.23. The van der Waals surface area contributed by atoms with Crippen LogP contribution in [-0.4, -0.2) is 22.3 Å². The van der Waals surface area contributed by atoms with Gasteiger partial charge >= 0.3 is 0 Å². The first-order valence-corrected chi connectivity index (χ1v) is 10.5. The average Bonchev–Trinajstić information content (AvgIpc) is 2.50. The maximum Gasteiger partial charge on any atom is 0.0162 e. The van der Waals surface area contributed by atoms with Gasteiger partial charge in [-0.1, -0.05) is 95.2 Å². The van der Waals surface area contributed by atoms with Gasteiger partial charge in [0.25, 0.3) is 0 Å². The van der Waals surface area contributed by atoms with E-state index in [0.717, 1.165) is 13.1 Å². The van der Waals surface area contributed by atoms with Gasteiger partial charge in [-0.25, -0.2) is 0 Å². The van der Waals surface area contributed by atoms with Crippen LogP contribution in [0.1, 0.15) is 104 Å². The Kier molecular flexibility index (Phi) is 23.6. The van der Waals surface area contributed by atoms with Gasteiger partial charge in [-0.05, 0) is 12.8 Å². The van der Waals surface area contributed by atoms with Crippen molar-refractivity contribution >= 4 is 29.2 Å². The number of thiocarbonyl (C=S) groups is 1. The molecule has 0 aromatic heterocycles. The van der Waals surface area contributed by atoms with Gasteiger partial charge in [-0.3, -0.25) is 0 Å². The fourth-order valence-corrected chi connectivity index (χ4v) is 3.18. The molecule has 138 valence electrons. The van der Waals surface area contributed by atoms with Gasteiger partial charge in [0.1, 0.15) is 0 Å². The van der Waals surface area contributed by atoms with Crippen LogP contribution in [0.15, 0.2) is 0 Å². The van der Waals surface area contributed by atoms with E-state index >= 15 is 0 Å². The van der Waals surface area contributed by atoms with Crippen LogP contribution in [0.25, 0.3) is 0 Å². The van der Waals surface area contributed by atoms with Gasteiger partial charge in [-0.2, -0.15) is 0 Å². The molecule has 0 radical (unpaired) electrons. The van der Waals surface area contributed by atoms with Crippen LogP contribution in [0.4, 0.5) is 0 Å². The molecule has 0 aliphatic heterocycles. The van der Waals surface area contributed by atoms with Crippen LogP contribution in [0.3, 0.4) is 0 Å². The molecule has 0 spiro atoms. The summed E-state index contributed by atoms with van der Waals surface area (Å²) in [6.45, 7) is 6.69. The van der Waals surface area contributed by atoms with Crippen LogP contribution in [-0.2, 0) is 33.7 Å². The van der Waals surface area contributed by atoms with Crippen molar-refractivity contribution in [2.24, 2.45) is 0 Å². The molecule has 0 atom stereocenters. The van der Waals surface area contributed by atoms with E-state index in [-0.39, 0.29) is 21.1 Å². The van der Waals surface area contributed by atoms with Crippen molar-refractivity contribution in [3.8, 4) is 0 Å². The topological polar surface area (TPSA) is 3.24 Å². The summed E-state index contributed by atoms with van der Waals surface area (Å²) in [6.07, 6.45) is 18.9. The molecule has 0 aromatic carbocycles. The second-order valence-corrected chi connectivity index (χ2v) is 7.53. The first-order chi connectivity index (χ1) is 10.7. The summed E-state index contributed by atoms with van der Waals surface area (Å²) in [4.78, 5) is 2.25. The molecule has 0 saturated heterocycles. The number of hydrogen-bond acceptors (Lipinski definition) is 2. The summed E-state index contributed by atoms with van der Waals surface area (Å²) in [5, 5.41) is 0. The molecule has 0 rings (SSSR count). The van der Waals surface area contributed by atoms with Gasteiger partial charge in [0, 0.05) is 34.2 Å². The molecule has 0 heterocycles. The van der Waals surface area contributed by atoms with Crippen molar-refractivity contribution in [3.05, 3.63) is 0 Å². The first-order valence-electron chi connectivity index (χ1n) is 9.68. The molecule has 0 saturated carbocycles. The van der Waals surface area contributed by atoms with E-state index in [0.29, 0.717) is 4.32 Å². The van der Waals surface area contributed by atoms with E-state index in [1.807, 2.05) is 0 Å². The van der Waals surface area contributed by atoms with Crippen molar-refractivity contribution in [1.82, 2.24) is 4.90 Å². The third kappa shape index (κ3) is 19.0. The summed E-state index contributed by atoms with van der Waals surface area (Å²) in [5.41, 5.74) is 0. The molecular weight excluding hydrogens is 402 g/mol. The minimum absolute atomic E-state index is 0. The number of hydrogen-bond donors (Lipinski definition) is 0. The van der Waals surface area contributed by atoms with Crippen molar-refractivity contribution in [1.29, 1.82) is 0 Å². The number of nitrogens with zero attached hydrogens (tertiary/aromatic N) is 1. The van der Waals surface area contributed by atoms with Crippen LogP contribution in [0, 0.1) is 0 Å². The van der Waals surface area contributed by atoms with Crippen molar-refractivity contribution in [2.75, 3.05) is 13.1 Å². The molecule has 1 nitrogen and oxygen atoms in total. The summed E-state index contributed by atoms with van der Waals surface area (Å²) in [5.74, 6) is 0. The Morgan fingerprint density at radius 1 is 0.652 bits per heavy atom. The van der Waals surface area contributed by atoms with Crippen LogP contribution in [0.5, 0.6) is 0 Å². The fraction of sp³-hybridized carbons (Fsp3) is 0.947. The molecule has 4 heteroatoms. The largest absolute Gasteiger partial charge is 0.411 e. The van der Waals surface area contributed by atoms with E-state index < -0.39 is 0 Å². The van der Waals surface area contributed by atoms with E-state index in [1.54, 1.807) is 0 Å².